The van der Waals surface area contributed by atoms with E-state index in [0.717, 1.165) is 6.42 Å². The molecule has 3 N–H and O–H groups in total. The van der Waals surface area contributed by atoms with Crippen LogP contribution in [0.15, 0.2) is 24.3 Å². The normalized spacial score (nSPS) is 12.4. The first-order chi connectivity index (χ1) is 6.77. The molecule has 0 bridgehead atoms. The van der Waals surface area contributed by atoms with Crippen LogP contribution in [0, 0.1) is 5.92 Å². The fourth-order valence-electron chi connectivity index (χ4n) is 1.14. The number of phenolic OH excluding ortho intramolecular Hbond substituents is 1. The second-order valence-corrected chi connectivity index (χ2v) is 3.29. The highest BCUT2D eigenvalue weighted by Crippen LogP contribution is 2.24. The summed E-state index contributed by atoms with van der Waals surface area (Å²) in [5.41, 5.74) is 5.54. The minimum absolute atomic E-state index is 0.180. The van der Waals surface area contributed by atoms with E-state index in [1.807, 2.05) is 6.07 Å². The molecule has 14 heavy (non-hydrogen) atoms. The standard InChI is InChI=1S/C11H17NO2/c1-2-9(7-12)8-14-11-6-4-3-5-10(11)13/h3-6,9,13H,2,7-8,12H2,1H3. The van der Waals surface area contributed by atoms with Crippen molar-refractivity contribution in [1.82, 2.24) is 0 Å². The van der Waals surface area contributed by atoms with Crippen molar-refractivity contribution in [3.63, 3.8) is 0 Å². The SMILES string of the molecule is CCC(CN)COc1ccccc1O. The Labute approximate surface area is 84.5 Å². The van der Waals surface area contributed by atoms with Gasteiger partial charge in [0.1, 0.15) is 0 Å². The zero-order chi connectivity index (χ0) is 10.4. The third-order valence-corrected chi connectivity index (χ3v) is 2.25. The highest BCUT2D eigenvalue weighted by atomic mass is 16.5. The summed E-state index contributed by atoms with van der Waals surface area (Å²) in [6, 6.07) is 6.96. The number of benzene rings is 1. The fourth-order valence-corrected chi connectivity index (χ4v) is 1.14. The van der Waals surface area contributed by atoms with Crippen molar-refractivity contribution in [2.75, 3.05) is 13.2 Å². The Morgan fingerprint density at radius 2 is 2.14 bits per heavy atom. The highest BCUT2D eigenvalue weighted by molar-refractivity contribution is 5.37. The molecule has 1 aromatic carbocycles. The van der Waals surface area contributed by atoms with Gasteiger partial charge in [-0.05, 0) is 25.1 Å². The van der Waals surface area contributed by atoms with Gasteiger partial charge in [-0.25, -0.2) is 0 Å². The van der Waals surface area contributed by atoms with Crippen molar-refractivity contribution in [2.24, 2.45) is 11.7 Å². The summed E-state index contributed by atoms with van der Waals surface area (Å²) in [5.74, 6) is 1.06. The lowest BCUT2D eigenvalue weighted by Gasteiger charge is -2.14. The van der Waals surface area contributed by atoms with Crippen molar-refractivity contribution in [2.45, 2.75) is 13.3 Å². The summed E-state index contributed by atoms with van der Waals surface area (Å²) in [7, 11) is 0. The molecule has 0 amide bonds. The number of aromatic hydroxyl groups is 1. The van der Waals surface area contributed by atoms with Crippen molar-refractivity contribution in [3.8, 4) is 11.5 Å². The Kier molecular flexibility index (Phi) is 4.26. The van der Waals surface area contributed by atoms with E-state index in [-0.39, 0.29) is 5.75 Å². The maximum absolute atomic E-state index is 9.41. The Balaban J connectivity index is 2.49. The van der Waals surface area contributed by atoms with Crippen molar-refractivity contribution < 1.29 is 9.84 Å². The lowest BCUT2D eigenvalue weighted by atomic mass is 10.1. The van der Waals surface area contributed by atoms with Crippen LogP contribution in [0.1, 0.15) is 13.3 Å². The first-order valence-corrected chi connectivity index (χ1v) is 4.88. The topological polar surface area (TPSA) is 55.5 Å². The summed E-state index contributed by atoms with van der Waals surface area (Å²) >= 11 is 0. The maximum Gasteiger partial charge on any atom is 0.160 e. The molecule has 0 heterocycles. The molecule has 0 aliphatic rings. The minimum Gasteiger partial charge on any atom is -0.504 e. The molecule has 0 spiro atoms. The van der Waals surface area contributed by atoms with Gasteiger partial charge in [-0.3, -0.25) is 0 Å². The van der Waals surface area contributed by atoms with Crippen LogP contribution in [0.25, 0.3) is 0 Å². The molecule has 0 aliphatic carbocycles. The van der Waals surface area contributed by atoms with Crippen LogP contribution in [0.2, 0.25) is 0 Å². The van der Waals surface area contributed by atoms with Gasteiger partial charge in [0.2, 0.25) is 0 Å². The largest absolute Gasteiger partial charge is 0.504 e. The fraction of sp³-hybridized carbons (Fsp3) is 0.455. The van der Waals surface area contributed by atoms with Gasteiger partial charge in [0.15, 0.2) is 11.5 Å². The van der Waals surface area contributed by atoms with Crippen molar-refractivity contribution in [3.05, 3.63) is 24.3 Å². The molecule has 1 aromatic rings. The molecule has 0 aromatic heterocycles. The van der Waals surface area contributed by atoms with Crippen LogP contribution in [-0.4, -0.2) is 18.3 Å². The number of nitrogens with two attached hydrogens (primary N) is 1. The lowest BCUT2D eigenvalue weighted by Crippen LogP contribution is -2.20. The number of rotatable bonds is 5. The lowest BCUT2D eigenvalue weighted by molar-refractivity contribution is 0.239. The average molecular weight is 195 g/mol. The summed E-state index contributed by atoms with van der Waals surface area (Å²) in [6.45, 7) is 3.25. The molecule has 1 rings (SSSR count). The van der Waals surface area contributed by atoms with Gasteiger partial charge in [-0.1, -0.05) is 19.1 Å². The summed E-state index contributed by atoms with van der Waals surface area (Å²) in [5, 5.41) is 9.41. The van der Waals surface area contributed by atoms with Crippen molar-refractivity contribution >= 4 is 0 Å². The Hall–Kier alpha value is -1.22. The molecule has 0 radical (unpaired) electrons. The molecule has 0 saturated heterocycles. The molecule has 3 nitrogen and oxygen atoms in total. The Morgan fingerprint density at radius 1 is 1.43 bits per heavy atom. The number of para-hydroxylation sites is 2. The first-order valence-electron chi connectivity index (χ1n) is 4.88. The van der Waals surface area contributed by atoms with Crippen LogP contribution in [0.5, 0.6) is 11.5 Å². The number of ether oxygens (including phenoxy) is 1. The van der Waals surface area contributed by atoms with E-state index < -0.39 is 0 Å². The van der Waals surface area contributed by atoms with E-state index in [1.165, 1.54) is 0 Å². The summed E-state index contributed by atoms with van der Waals surface area (Å²) in [4.78, 5) is 0. The third kappa shape index (κ3) is 2.92. The predicted molar refractivity (Wildman–Crippen MR) is 56.4 cm³/mol. The van der Waals surface area contributed by atoms with E-state index in [0.29, 0.717) is 24.8 Å². The zero-order valence-corrected chi connectivity index (χ0v) is 8.44. The monoisotopic (exact) mass is 195 g/mol. The Bertz CT molecular complexity index is 272. The van der Waals surface area contributed by atoms with Gasteiger partial charge >= 0.3 is 0 Å². The van der Waals surface area contributed by atoms with Crippen LogP contribution < -0.4 is 10.5 Å². The molecule has 0 aliphatic heterocycles. The molecule has 1 atom stereocenters. The predicted octanol–water partition coefficient (Wildman–Crippen LogP) is 1.76. The summed E-state index contributed by atoms with van der Waals surface area (Å²) < 4.78 is 5.45. The van der Waals surface area contributed by atoms with Crippen LogP contribution in [-0.2, 0) is 0 Å². The smallest absolute Gasteiger partial charge is 0.160 e. The van der Waals surface area contributed by atoms with E-state index in [9.17, 15) is 5.11 Å². The van der Waals surface area contributed by atoms with Crippen LogP contribution >= 0.6 is 0 Å². The van der Waals surface area contributed by atoms with Gasteiger partial charge in [0, 0.05) is 5.92 Å². The second kappa shape index (κ2) is 5.50. The van der Waals surface area contributed by atoms with Crippen molar-refractivity contribution in [1.29, 1.82) is 0 Å². The van der Waals surface area contributed by atoms with Gasteiger partial charge in [-0.15, -0.1) is 0 Å². The minimum atomic E-state index is 0.180. The molecule has 3 heteroatoms. The zero-order valence-electron chi connectivity index (χ0n) is 8.44. The van der Waals surface area contributed by atoms with Gasteiger partial charge in [-0.2, -0.15) is 0 Å². The molecular formula is C11H17NO2. The number of phenols is 1. The van der Waals surface area contributed by atoms with Crippen LogP contribution in [0.4, 0.5) is 0 Å². The Morgan fingerprint density at radius 3 is 2.71 bits per heavy atom. The maximum atomic E-state index is 9.41. The first kappa shape index (κ1) is 10.9. The van der Waals surface area contributed by atoms with E-state index >= 15 is 0 Å². The van der Waals surface area contributed by atoms with E-state index in [2.05, 4.69) is 6.92 Å². The number of hydrogen-bond donors (Lipinski definition) is 2. The summed E-state index contributed by atoms with van der Waals surface area (Å²) in [6.07, 6.45) is 0.990. The third-order valence-electron chi connectivity index (χ3n) is 2.25. The molecule has 0 fully saturated rings. The second-order valence-electron chi connectivity index (χ2n) is 3.29. The van der Waals surface area contributed by atoms with Gasteiger partial charge < -0.3 is 15.6 Å². The van der Waals surface area contributed by atoms with E-state index in [1.54, 1.807) is 18.2 Å². The van der Waals surface area contributed by atoms with Crippen LogP contribution in [0.3, 0.4) is 0 Å². The molecular weight excluding hydrogens is 178 g/mol. The molecule has 0 saturated carbocycles. The van der Waals surface area contributed by atoms with E-state index in [4.69, 9.17) is 10.5 Å². The average Bonchev–Trinajstić information content (AvgIpc) is 2.22. The molecule has 1 unspecified atom stereocenters. The molecule has 78 valence electrons. The quantitative estimate of drug-likeness (QED) is 0.752. The number of hydrogen-bond acceptors (Lipinski definition) is 3. The highest BCUT2D eigenvalue weighted by Gasteiger charge is 2.06. The van der Waals surface area contributed by atoms with Gasteiger partial charge in [0.05, 0.1) is 6.61 Å². The van der Waals surface area contributed by atoms with Gasteiger partial charge in [0.25, 0.3) is 0 Å².